The molecule has 131 valence electrons. The number of nitrogens with two attached hydrogens (primary N) is 3. The molecule has 1 amide bonds. The third-order valence-electron chi connectivity index (χ3n) is 4.42. The smallest absolute Gasteiger partial charge is 0.249 e. The van der Waals surface area contributed by atoms with Crippen LogP contribution in [0.15, 0.2) is 4.99 Å². The number of amides is 1. The molecule has 1 atom stereocenters. The van der Waals surface area contributed by atoms with Gasteiger partial charge in [-0.3, -0.25) is 9.79 Å². The van der Waals surface area contributed by atoms with Gasteiger partial charge in [-0.2, -0.15) is 0 Å². The maximum absolute atomic E-state index is 12.0. The van der Waals surface area contributed by atoms with Gasteiger partial charge in [0.1, 0.15) is 0 Å². The van der Waals surface area contributed by atoms with E-state index in [4.69, 9.17) is 17.2 Å². The van der Waals surface area contributed by atoms with Gasteiger partial charge in [-0.1, -0.05) is 57.8 Å². The Bertz CT molecular complexity index is 350. The lowest BCUT2D eigenvalue weighted by molar-refractivity contribution is -0.120. The van der Waals surface area contributed by atoms with E-state index >= 15 is 0 Å². The van der Waals surface area contributed by atoms with E-state index in [0.29, 0.717) is 25.2 Å². The van der Waals surface area contributed by atoms with Crippen LogP contribution in [0.25, 0.3) is 0 Å². The molecule has 0 heterocycles. The van der Waals surface area contributed by atoms with Crippen molar-refractivity contribution in [3.8, 4) is 0 Å². The molecule has 0 spiro atoms. The summed E-state index contributed by atoms with van der Waals surface area (Å²) in [5, 5.41) is 2.91. The molecule has 0 aromatic heterocycles. The Morgan fingerprint density at radius 2 is 1.65 bits per heavy atom. The van der Waals surface area contributed by atoms with Gasteiger partial charge in [-0.25, -0.2) is 0 Å². The zero-order valence-electron chi connectivity index (χ0n) is 14.3. The van der Waals surface area contributed by atoms with Crippen LogP contribution in [0.1, 0.15) is 70.6 Å². The molecule has 6 nitrogen and oxygen atoms in total. The Hall–Kier alpha value is -1.24. The number of hydrogen-bond acceptors (Lipinski definition) is 3. The number of rotatable bonds is 7. The predicted octanol–water partition coefficient (Wildman–Crippen LogP) is 1.42. The number of nitrogens with one attached hydrogen (secondary N) is 1. The minimum atomic E-state index is -0.500. The van der Waals surface area contributed by atoms with Crippen LogP contribution in [0.3, 0.4) is 0 Å². The molecule has 0 aromatic rings. The summed E-state index contributed by atoms with van der Waals surface area (Å²) in [5.41, 5.74) is 16.4. The van der Waals surface area contributed by atoms with Crippen LogP contribution in [-0.2, 0) is 4.79 Å². The highest BCUT2D eigenvalue weighted by molar-refractivity contribution is 6.39. The van der Waals surface area contributed by atoms with E-state index in [1.165, 1.54) is 57.8 Å². The summed E-state index contributed by atoms with van der Waals surface area (Å²) in [6.07, 6.45) is 12.8. The highest BCUT2D eigenvalue weighted by Crippen LogP contribution is 2.24. The van der Waals surface area contributed by atoms with Crippen molar-refractivity contribution in [3.63, 3.8) is 0 Å². The molecule has 1 fully saturated rings. The zero-order chi connectivity index (χ0) is 16.9. The molecule has 0 aromatic carbocycles. The van der Waals surface area contributed by atoms with Crippen LogP contribution in [0.5, 0.6) is 0 Å². The van der Waals surface area contributed by atoms with Crippen molar-refractivity contribution in [2.24, 2.45) is 22.2 Å². The van der Waals surface area contributed by atoms with Gasteiger partial charge in [-0.15, -0.1) is 0 Å². The minimum absolute atomic E-state index is 0.0763. The molecule has 0 bridgehead atoms. The molecule has 7 heteroatoms. The van der Waals surface area contributed by atoms with Gasteiger partial charge in [-0.05, 0) is 18.7 Å². The zero-order valence-corrected chi connectivity index (χ0v) is 14.3. The van der Waals surface area contributed by atoms with E-state index in [1.807, 2.05) is 7.41 Å². The van der Waals surface area contributed by atoms with Crippen molar-refractivity contribution < 1.29 is 4.79 Å². The Labute approximate surface area is 141 Å². The molecule has 0 aliphatic heterocycles. The molecule has 1 aliphatic rings. The van der Waals surface area contributed by atoms with Crippen molar-refractivity contribution in [2.75, 3.05) is 6.54 Å². The first-order valence-electron chi connectivity index (χ1n) is 9.04. The predicted molar refractivity (Wildman–Crippen MR) is 97.1 cm³/mol. The van der Waals surface area contributed by atoms with Crippen LogP contribution < -0.4 is 22.4 Å². The van der Waals surface area contributed by atoms with Gasteiger partial charge < -0.3 is 22.4 Å². The van der Waals surface area contributed by atoms with Crippen LogP contribution >= 0.6 is 0 Å². The van der Waals surface area contributed by atoms with Crippen LogP contribution in [0.2, 0.25) is 5.82 Å². The van der Waals surface area contributed by atoms with Gasteiger partial charge in [0.2, 0.25) is 13.3 Å². The second kappa shape index (κ2) is 12.2. The fraction of sp³-hybridized carbons (Fsp3) is 0.875. The lowest BCUT2D eigenvalue weighted by atomic mass is 9.69. The van der Waals surface area contributed by atoms with Crippen LogP contribution in [0.4, 0.5) is 0 Å². The van der Waals surface area contributed by atoms with Crippen molar-refractivity contribution >= 4 is 19.3 Å². The summed E-state index contributed by atoms with van der Waals surface area (Å²) in [4.78, 5) is 15.9. The number of nitrogens with zero attached hydrogens (tertiary/aromatic N) is 1. The van der Waals surface area contributed by atoms with E-state index in [1.54, 1.807) is 0 Å². The number of hydrogen-bond donors (Lipinski definition) is 4. The molecule has 23 heavy (non-hydrogen) atoms. The summed E-state index contributed by atoms with van der Waals surface area (Å²) in [6.45, 7) is 0.510. The summed E-state index contributed by atoms with van der Waals surface area (Å²) in [7, 11) is 1.97. The van der Waals surface area contributed by atoms with Gasteiger partial charge in [0.05, 0.1) is 6.04 Å². The first kappa shape index (κ1) is 19.8. The summed E-state index contributed by atoms with van der Waals surface area (Å²) in [5.74, 6) is 0.449. The largest absolute Gasteiger partial charge is 0.402 e. The van der Waals surface area contributed by atoms with Gasteiger partial charge in [0.25, 0.3) is 0 Å². The monoisotopic (exact) mass is 322 g/mol. The molecule has 7 N–H and O–H groups in total. The number of guanidine groups is 1. The number of carbonyl (C=O) groups excluding carboxylic acids is 1. The number of aliphatic imine (C=N–C) groups is 1. The fourth-order valence-electron chi connectivity index (χ4n) is 2.97. The van der Waals surface area contributed by atoms with Gasteiger partial charge in [0.15, 0.2) is 5.96 Å². The maximum Gasteiger partial charge on any atom is 0.249 e. The fourth-order valence-corrected chi connectivity index (χ4v) is 2.97. The topological polar surface area (TPSA) is 120 Å². The third-order valence-corrected chi connectivity index (χ3v) is 4.42. The Kier molecular flexibility index (Phi) is 10.5. The third kappa shape index (κ3) is 10.2. The van der Waals surface area contributed by atoms with Crippen molar-refractivity contribution in [1.29, 1.82) is 0 Å². The molecular weight excluding hydrogens is 289 g/mol. The lowest BCUT2D eigenvalue weighted by Gasteiger charge is -2.19. The van der Waals surface area contributed by atoms with Crippen molar-refractivity contribution in [1.82, 2.24) is 5.23 Å². The molecule has 0 saturated heterocycles. The molecule has 1 saturated carbocycles. The second-order valence-electron chi connectivity index (χ2n) is 6.54. The average molecular weight is 322 g/mol. The van der Waals surface area contributed by atoms with E-state index in [9.17, 15) is 4.79 Å². The Balaban J connectivity index is 2.22. The number of carbonyl (C=O) groups is 1. The van der Waals surface area contributed by atoms with Crippen molar-refractivity contribution in [3.05, 3.63) is 0 Å². The minimum Gasteiger partial charge on any atom is -0.402 e. The van der Waals surface area contributed by atoms with E-state index in [2.05, 4.69) is 10.2 Å². The summed E-state index contributed by atoms with van der Waals surface area (Å²) < 4.78 is 0. The SMILES string of the molecule is NC(N)=NCCC[C@H](N)C(=O)N[B]C1CCCCCCCCC1. The summed E-state index contributed by atoms with van der Waals surface area (Å²) in [6, 6.07) is -0.500. The first-order valence-corrected chi connectivity index (χ1v) is 9.04. The molecule has 0 unspecified atom stereocenters. The lowest BCUT2D eigenvalue weighted by Crippen LogP contribution is -2.43. The standard InChI is InChI=1S/C16H33BN5O/c18-14(11-8-12-21-16(19)20)15(23)22-17-13-9-6-4-2-1-3-5-7-10-13/h13-14H,1-12,18H2,(H,22,23)(H4,19,20,21)/t14-/m0/s1. The molecule has 1 aliphatic carbocycles. The van der Waals surface area contributed by atoms with Crippen LogP contribution in [-0.4, -0.2) is 31.9 Å². The van der Waals surface area contributed by atoms with Crippen molar-refractivity contribution in [2.45, 2.75) is 82.5 Å². The molecule has 1 radical (unpaired) electrons. The average Bonchev–Trinajstić information content (AvgIpc) is 2.54. The van der Waals surface area contributed by atoms with Gasteiger partial charge >= 0.3 is 0 Å². The quantitative estimate of drug-likeness (QED) is 0.245. The second-order valence-corrected chi connectivity index (χ2v) is 6.54. The van der Waals surface area contributed by atoms with Crippen LogP contribution in [0, 0.1) is 0 Å². The van der Waals surface area contributed by atoms with Gasteiger partial charge in [0, 0.05) is 6.54 Å². The van der Waals surface area contributed by atoms with E-state index in [0.717, 1.165) is 0 Å². The Morgan fingerprint density at radius 3 is 2.22 bits per heavy atom. The first-order chi connectivity index (χ1) is 11.1. The Morgan fingerprint density at radius 1 is 1.09 bits per heavy atom. The van der Waals surface area contributed by atoms with E-state index < -0.39 is 6.04 Å². The highest BCUT2D eigenvalue weighted by atomic mass is 16.1. The highest BCUT2D eigenvalue weighted by Gasteiger charge is 2.17. The van der Waals surface area contributed by atoms with E-state index in [-0.39, 0.29) is 11.9 Å². The normalized spacial score (nSPS) is 18.7. The summed E-state index contributed by atoms with van der Waals surface area (Å²) >= 11 is 0. The maximum atomic E-state index is 12.0. The molecule has 1 rings (SSSR count). The molecular formula is C16H33BN5O.